The molecule has 6 heteroatoms. The van der Waals surface area contributed by atoms with Crippen molar-refractivity contribution in [2.45, 2.75) is 13.8 Å². The van der Waals surface area contributed by atoms with E-state index in [1.807, 2.05) is 38.1 Å². The molecule has 0 fully saturated rings. The van der Waals surface area contributed by atoms with Gasteiger partial charge in [-0.2, -0.15) is 5.10 Å². The average Bonchev–Trinajstić information content (AvgIpc) is 3.11. The van der Waals surface area contributed by atoms with Crippen molar-refractivity contribution < 1.29 is 14.3 Å². The molecule has 0 saturated heterocycles. The molecule has 0 bridgehead atoms. The summed E-state index contributed by atoms with van der Waals surface area (Å²) in [7, 11) is 0. The zero-order valence-corrected chi connectivity index (χ0v) is 15.4. The molecular weight excluding hydrogens is 345 g/mol. The van der Waals surface area contributed by atoms with Gasteiger partial charge in [-0.25, -0.2) is 9.07 Å². The van der Waals surface area contributed by atoms with Gasteiger partial charge in [-0.1, -0.05) is 23.8 Å². The molecular formula is C21H22FN3O2. The van der Waals surface area contributed by atoms with E-state index >= 15 is 0 Å². The highest BCUT2D eigenvalue weighted by atomic mass is 19.1. The standard InChI is InChI=1S/C21H22FN3O2/c1-3-24(11-12-26)21(27)19-14-25(18-9-7-17(22)8-10-18)23-20(19)16-6-4-5-15(2)13-16/h4-10,13-14,26H,3,11-12H2,1-2H3. The Labute approximate surface area is 157 Å². The van der Waals surface area contributed by atoms with Crippen molar-refractivity contribution in [3.05, 3.63) is 71.7 Å². The number of amides is 1. The summed E-state index contributed by atoms with van der Waals surface area (Å²) in [4.78, 5) is 14.6. The first-order valence-corrected chi connectivity index (χ1v) is 8.86. The van der Waals surface area contributed by atoms with Gasteiger partial charge < -0.3 is 10.0 Å². The van der Waals surface area contributed by atoms with Crippen LogP contribution in [0.5, 0.6) is 0 Å². The Balaban J connectivity index is 2.11. The van der Waals surface area contributed by atoms with Gasteiger partial charge in [0.2, 0.25) is 0 Å². The number of likely N-dealkylation sites (N-methyl/N-ethyl adjacent to an activating group) is 1. The second-order valence-corrected chi connectivity index (χ2v) is 6.29. The van der Waals surface area contributed by atoms with Crippen LogP contribution in [0.1, 0.15) is 22.8 Å². The van der Waals surface area contributed by atoms with E-state index < -0.39 is 0 Å². The molecule has 27 heavy (non-hydrogen) atoms. The Bertz CT molecular complexity index is 935. The highest BCUT2D eigenvalue weighted by Gasteiger charge is 2.22. The first kappa shape index (κ1) is 18.8. The van der Waals surface area contributed by atoms with E-state index in [1.165, 1.54) is 12.1 Å². The molecule has 3 aromatic rings. The molecule has 0 atom stereocenters. The van der Waals surface area contributed by atoms with Gasteiger partial charge in [-0.3, -0.25) is 4.79 Å². The number of nitrogens with zero attached hydrogens (tertiary/aromatic N) is 3. The third kappa shape index (κ3) is 4.06. The van der Waals surface area contributed by atoms with Gasteiger partial charge in [0.25, 0.3) is 5.91 Å². The highest BCUT2D eigenvalue weighted by Crippen LogP contribution is 2.26. The van der Waals surface area contributed by atoms with E-state index in [1.54, 1.807) is 27.9 Å². The van der Waals surface area contributed by atoms with E-state index in [9.17, 15) is 14.3 Å². The van der Waals surface area contributed by atoms with E-state index in [0.29, 0.717) is 23.5 Å². The fourth-order valence-corrected chi connectivity index (χ4v) is 2.96. The summed E-state index contributed by atoms with van der Waals surface area (Å²) in [6, 6.07) is 13.7. The molecule has 3 rings (SSSR count). The zero-order chi connectivity index (χ0) is 19.4. The molecule has 0 radical (unpaired) electrons. The summed E-state index contributed by atoms with van der Waals surface area (Å²) in [5.41, 5.74) is 3.56. The van der Waals surface area contributed by atoms with Crippen molar-refractivity contribution in [3.63, 3.8) is 0 Å². The molecule has 1 N–H and O–H groups in total. The number of aromatic nitrogens is 2. The molecule has 0 aliphatic rings. The van der Waals surface area contributed by atoms with Crippen LogP contribution in [0.15, 0.2) is 54.7 Å². The zero-order valence-electron chi connectivity index (χ0n) is 15.4. The van der Waals surface area contributed by atoms with E-state index in [-0.39, 0.29) is 24.9 Å². The minimum absolute atomic E-state index is 0.106. The number of halogens is 1. The Morgan fingerprint density at radius 2 is 1.96 bits per heavy atom. The van der Waals surface area contributed by atoms with Crippen molar-refractivity contribution in [2.75, 3.05) is 19.7 Å². The van der Waals surface area contributed by atoms with Crippen LogP contribution in [0.2, 0.25) is 0 Å². The fraction of sp³-hybridized carbons (Fsp3) is 0.238. The van der Waals surface area contributed by atoms with Gasteiger partial charge in [0, 0.05) is 24.8 Å². The van der Waals surface area contributed by atoms with E-state index in [0.717, 1.165) is 11.1 Å². The molecule has 0 aliphatic heterocycles. The summed E-state index contributed by atoms with van der Waals surface area (Å²) < 4.78 is 14.8. The molecule has 5 nitrogen and oxygen atoms in total. The maximum atomic E-state index is 13.2. The molecule has 1 amide bonds. The molecule has 1 heterocycles. The number of carbonyl (C=O) groups is 1. The lowest BCUT2D eigenvalue weighted by molar-refractivity contribution is 0.0732. The van der Waals surface area contributed by atoms with E-state index in [4.69, 9.17) is 0 Å². The predicted octanol–water partition coefficient (Wildman–Crippen LogP) is 3.44. The second kappa shape index (κ2) is 8.14. The van der Waals surface area contributed by atoms with Crippen molar-refractivity contribution in [3.8, 4) is 16.9 Å². The van der Waals surface area contributed by atoms with Crippen LogP contribution in [-0.2, 0) is 0 Å². The summed E-state index contributed by atoms with van der Waals surface area (Å²) in [6.07, 6.45) is 1.66. The fourth-order valence-electron chi connectivity index (χ4n) is 2.96. The maximum absolute atomic E-state index is 13.2. The first-order chi connectivity index (χ1) is 13.0. The van der Waals surface area contributed by atoms with Gasteiger partial charge in [0.15, 0.2) is 0 Å². The van der Waals surface area contributed by atoms with Gasteiger partial charge in [0.1, 0.15) is 11.5 Å². The Hall–Kier alpha value is -2.99. The third-order valence-electron chi connectivity index (χ3n) is 4.37. The molecule has 0 spiro atoms. The maximum Gasteiger partial charge on any atom is 0.257 e. The number of carbonyl (C=O) groups excluding carboxylic acids is 1. The number of hydrogen-bond donors (Lipinski definition) is 1. The number of aliphatic hydroxyl groups excluding tert-OH is 1. The van der Waals surface area contributed by atoms with Crippen LogP contribution in [-0.4, -0.2) is 45.4 Å². The normalized spacial score (nSPS) is 10.8. The van der Waals surface area contributed by atoms with Crippen LogP contribution >= 0.6 is 0 Å². The van der Waals surface area contributed by atoms with Crippen LogP contribution in [0.4, 0.5) is 4.39 Å². The van der Waals surface area contributed by atoms with Gasteiger partial charge in [-0.15, -0.1) is 0 Å². The third-order valence-corrected chi connectivity index (χ3v) is 4.37. The lowest BCUT2D eigenvalue weighted by atomic mass is 10.1. The molecule has 0 aliphatic carbocycles. The average molecular weight is 367 g/mol. The summed E-state index contributed by atoms with van der Waals surface area (Å²) in [5, 5.41) is 13.8. The van der Waals surface area contributed by atoms with Crippen LogP contribution in [0.3, 0.4) is 0 Å². The van der Waals surface area contributed by atoms with Crippen LogP contribution in [0, 0.1) is 12.7 Å². The SMILES string of the molecule is CCN(CCO)C(=O)c1cn(-c2ccc(F)cc2)nc1-c1cccc(C)c1. The Morgan fingerprint density at radius 1 is 1.22 bits per heavy atom. The van der Waals surface area contributed by atoms with Crippen molar-refractivity contribution in [1.82, 2.24) is 14.7 Å². The second-order valence-electron chi connectivity index (χ2n) is 6.29. The minimum atomic E-state index is -0.332. The monoisotopic (exact) mass is 367 g/mol. The number of benzene rings is 2. The summed E-state index contributed by atoms with van der Waals surface area (Å²) in [6.45, 7) is 4.47. The van der Waals surface area contributed by atoms with Gasteiger partial charge >= 0.3 is 0 Å². The van der Waals surface area contributed by atoms with Gasteiger partial charge in [0.05, 0.1) is 17.9 Å². The summed E-state index contributed by atoms with van der Waals surface area (Å²) >= 11 is 0. The van der Waals surface area contributed by atoms with E-state index in [2.05, 4.69) is 5.10 Å². The number of rotatable bonds is 6. The molecule has 0 saturated carbocycles. The van der Waals surface area contributed by atoms with Crippen molar-refractivity contribution in [2.24, 2.45) is 0 Å². The summed E-state index contributed by atoms with van der Waals surface area (Å²) in [5.74, 6) is -0.530. The van der Waals surface area contributed by atoms with Gasteiger partial charge in [-0.05, 0) is 44.2 Å². The molecule has 140 valence electrons. The van der Waals surface area contributed by atoms with Crippen LogP contribution < -0.4 is 0 Å². The minimum Gasteiger partial charge on any atom is -0.395 e. The Morgan fingerprint density at radius 3 is 2.59 bits per heavy atom. The topological polar surface area (TPSA) is 58.4 Å². The largest absolute Gasteiger partial charge is 0.395 e. The van der Waals surface area contributed by atoms with Crippen LogP contribution in [0.25, 0.3) is 16.9 Å². The first-order valence-electron chi connectivity index (χ1n) is 8.86. The number of aryl methyl sites for hydroxylation is 1. The lowest BCUT2D eigenvalue weighted by Crippen LogP contribution is -2.33. The lowest BCUT2D eigenvalue weighted by Gasteiger charge is -2.19. The molecule has 1 aromatic heterocycles. The Kier molecular flexibility index (Phi) is 5.66. The predicted molar refractivity (Wildman–Crippen MR) is 102 cm³/mol. The molecule has 0 unspecified atom stereocenters. The highest BCUT2D eigenvalue weighted by molar-refractivity contribution is 6.00. The number of aliphatic hydroxyl groups is 1. The quantitative estimate of drug-likeness (QED) is 0.726. The number of hydrogen-bond acceptors (Lipinski definition) is 3. The molecule has 2 aromatic carbocycles. The van der Waals surface area contributed by atoms with Crippen molar-refractivity contribution in [1.29, 1.82) is 0 Å². The smallest absolute Gasteiger partial charge is 0.257 e. The van der Waals surface area contributed by atoms with Crippen molar-refractivity contribution >= 4 is 5.91 Å².